The lowest BCUT2D eigenvalue weighted by Gasteiger charge is -2.22. The van der Waals surface area contributed by atoms with Crippen LogP contribution in [0.15, 0.2) is 0 Å². The van der Waals surface area contributed by atoms with Crippen molar-refractivity contribution in [3.63, 3.8) is 0 Å². The van der Waals surface area contributed by atoms with Gasteiger partial charge in [0.05, 0.1) is 6.42 Å². The first-order valence-corrected chi connectivity index (χ1v) is 5.62. The zero-order valence-electron chi connectivity index (χ0n) is 7.61. The molecular formula is C7H13NO4S. The van der Waals surface area contributed by atoms with Crippen molar-refractivity contribution in [2.75, 3.05) is 5.75 Å². The molecule has 0 aromatic rings. The predicted molar refractivity (Wildman–Crippen MR) is 46.3 cm³/mol. The zero-order valence-corrected chi connectivity index (χ0v) is 8.43. The normalized spacial score (nSPS) is 27.3. The maximum atomic E-state index is 10.9. The van der Waals surface area contributed by atoms with E-state index >= 15 is 0 Å². The van der Waals surface area contributed by atoms with Crippen LogP contribution in [-0.2, 0) is 19.6 Å². The number of rotatable bonds is 2. The summed E-state index contributed by atoms with van der Waals surface area (Å²) in [5.74, 6) is -0.662. The van der Waals surface area contributed by atoms with Gasteiger partial charge in [0.2, 0.25) is 10.0 Å². The third kappa shape index (κ3) is 2.67. The molecule has 1 heterocycles. The molecule has 1 fully saturated rings. The third-order valence-corrected chi connectivity index (χ3v) is 2.90. The Morgan fingerprint density at radius 2 is 2.15 bits per heavy atom. The molecule has 0 aromatic heterocycles. The lowest BCUT2D eigenvalue weighted by atomic mass is 9.86. The Kier molecular flexibility index (Phi) is 2.38. The van der Waals surface area contributed by atoms with Crippen LogP contribution in [0.2, 0.25) is 0 Å². The highest BCUT2D eigenvalue weighted by Crippen LogP contribution is 2.34. The summed E-state index contributed by atoms with van der Waals surface area (Å²) in [6.07, 6.45) is -0.373. The highest BCUT2D eigenvalue weighted by Gasteiger charge is 2.43. The van der Waals surface area contributed by atoms with Gasteiger partial charge in [-0.2, -0.15) is 0 Å². The second-order valence-electron chi connectivity index (χ2n) is 3.97. The van der Waals surface area contributed by atoms with Crippen LogP contribution in [-0.4, -0.2) is 26.2 Å². The zero-order chi connectivity index (χ0) is 10.3. The molecule has 0 bridgehead atoms. The summed E-state index contributed by atoms with van der Waals surface area (Å²) in [7, 11) is -3.58. The second-order valence-corrected chi connectivity index (χ2v) is 5.63. The first-order valence-electron chi connectivity index (χ1n) is 3.91. The molecule has 1 unspecified atom stereocenters. The molecule has 1 aliphatic rings. The van der Waals surface area contributed by atoms with Crippen LogP contribution in [0.4, 0.5) is 0 Å². The van der Waals surface area contributed by atoms with E-state index in [2.05, 4.69) is 0 Å². The fourth-order valence-electron chi connectivity index (χ4n) is 1.32. The van der Waals surface area contributed by atoms with E-state index in [1.54, 1.807) is 13.8 Å². The van der Waals surface area contributed by atoms with Gasteiger partial charge in [0, 0.05) is 5.41 Å². The van der Waals surface area contributed by atoms with Crippen molar-refractivity contribution < 1.29 is 17.9 Å². The van der Waals surface area contributed by atoms with Gasteiger partial charge in [-0.15, -0.1) is 0 Å². The summed E-state index contributed by atoms with van der Waals surface area (Å²) in [6.45, 7) is 3.57. The van der Waals surface area contributed by atoms with E-state index in [1.165, 1.54) is 0 Å². The number of carbonyl (C=O) groups excluding carboxylic acids is 1. The number of cyclic esters (lactones) is 1. The first kappa shape index (κ1) is 10.5. The number of sulfonamides is 1. The smallest absolute Gasteiger partial charge is 0.306 e. The summed E-state index contributed by atoms with van der Waals surface area (Å²) in [5, 5.41) is 4.86. The highest BCUT2D eigenvalue weighted by molar-refractivity contribution is 7.89. The van der Waals surface area contributed by atoms with Crippen molar-refractivity contribution in [2.45, 2.75) is 26.4 Å². The monoisotopic (exact) mass is 207 g/mol. The van der Waals surface area contributed by atoms with Gasteiger partial charge in [0.1, 0.15) is 11.9 Å². The highest BCUT2D eigenvalue weighted by atomic mass is 32.2. The molecule has 0 spiro atoms. The Bertz CT molecular complexity index is 319. The van der Waals surface area contributed by atoms with Crippen molar-refractivity contribution in [1.29, 1.82) is 0 Å². The van der Waals surface area contributed by atoms with Crippen LogP contribution >= 0.6 is 0 Å². The quantitative estimate of drug-likeness (QED) is 0.625. The SMILES string of the molecule is CC1(C)CC(=O)OC1CS(N)(=O)=O. The summed E-state index contributed by atoms with van der Waals surface area (Å²) < 4.78 is 26.4. The number of carbonyl (C=O) groups is 1. The second kappa shape index (κ2) is 2.95. The number of hydrogen-bond acceptors (Lipinski definition) is 4. The molecule has 0 amide bonds. The Hall–Kier alpha value is -0.620. The number of hydrogen-bond donors (Lipinski definition) is 1. The molecular weight excluding hydrogens is 194 g/mol. The van der Waals surface area contributed by atoms with Crippen LogP contribution in [0, 0.1) is 5.41 Å². The molecule has 1 aliphatic heterocycles. The molecule has 13 heavy (non-hydrogen) atoms. The largest absolute Gasteiger partial charge is 0.461 e. The Balaban J connectivity index is 2.77. The maximum absolute atomic E-state index is 10.9. The van der Waals surface area contributed by atoms with Gasteiger partial charge in [0.25, 0.3) is 0 Å². The molecule has 1 rings (SSSR count). The molecule has 0 radical (unpaired) electrons. The molecule has 0 saturated carbocycles. The number of esters is 1. The number of ether oxygens (including phenoxy) is 1. The van der Waals surface area contributed by atoms with Crippen LogP contribution in [0.1, 0.15) is 20.3 Å². The van der Waals surface area contributed by atoms with Crippen molar-refractivity contribution in [3.8, 4) is 0 Å². The fourth-order valence-corrected chi connectivity index (χ4v) is 2.26. The standard InChI is InChI=1S/C7H13NO4S/c1-7(2)3-6(9)12-5(7)4-13(8,10)11/h5H,3-4H2,1-2H3,(H2,8,10,11). The van der Waals surface area contributed by atoms with Gasteiger partial charge in [-0.3, -0.25) is 4.79 Å². The summed E-state index contributed by atoms with van der Waals surface area (Å²) in [6, 6.07) is 0. The molecule has 2 N–H and O–H groups in total. The van der Waals surface area contributed by atoms with Crippen molar-refractivity contribution in [1.82, 2.24) is 0 Å². The molecule has 6 heteroatoms. The Labute approximate surface area is 77.3 Å². The topological polar surface area (TPSA) is 86.5 Å². The van der Waals surface area contributed by atoms with Gasteiger partial charge in [-0.25, -0.2) is 13.6 Å². The van der Waals surface area contributed by atoms with Crippen LogP contribution in [0.5, 0.6) is 0 Å². The summed E-state index contributed by atoms with van der Waals surface area (Å²) >= 11 is 0. The molecule has 1 atom stereocenters. The van der Waals surface area contributed by atoms with Crippen LogP contribution in [0.3, 0.4) is 0 Å². The van der Waals surface area contributed by atoms with E-state index < -0.39 is 21.5 Å². The molecule has 5 nitrogen and oxygen atoms in total. The number of primary sulfonamides is 1. The summed E-state index contributed by atoms with van der Waals surface area (Å²) in [5.41, 5.74) is -0.441. The third-order valence-electron chi connectivity index (χ3n) is 2.13. The fraction of sp³-hybridized carbons (Fsp3) is 0.857. The van der Waals surface area contributed by atoms with Crippen molar-refractivity contribution in [3.05, 3.63) is 0 Å². The molecule has 76 valence electrons. The van der Waals surface area contributed by atoms with Crippen LogP contribution in [0.25, 0.3) is 0 Å². The lowest BCUT2D eigenvalue weighted by molar-refractivity contribution is -0.140. The Morgan fingerprint density at radius 3 is 2.46 bits per heavy atom. The van der Waals surface area contributed by atoms with Gasteiger partial charge in [-0.1, -0.05) is 13.8 Å². The number of nitrogens with two attached hydrogens (primary N) is 1. The molecule has 0 aromatic carbocycles. The van der Waals surface area contributed by atoms with Crippen LogP contribution < -0.4 is 5.14 Å². The average Bonchev–Trinajstić information content (AvgIpc) is 2.00. The van der Waals surface area contributed by atoms with Gasteiger partial charge in [-0.05, 0) is 0 Å². The van der Waals surface area contributed by atoms with E-state index in [0.29, 0.717) is 0 Å². The lowest BCUT2D eigenvalue weighted by Crippen LogP contribution is -2.34. The van der Waals surface area contributed by atoms with E-state index in [1.807, 2.05) is 0 Å². The van der Waals surface area contributed by atoms with Gasteiger partial charge >= 0.3 is 5.97 Å². The van der Waals surface area contributed by atoms with Crippen molar-refractivity contribution in [2.24, 2.45) is 10.6 Å². The molecule has 1 saturated heterocycles. The average molecular weight is 207 g/mol. The first-order chi connectivity index (χ1) is 5.71. The van der Waals surface area contributed by atoms with E-state index in [9.17, 15) is 13.2 Å². The minimum absolute atomic E-state index is 0.243. The minimum Gasteiger partial charge on any atom is -0.461 e. The van der Waals surface area contributed by atoms with E-state index in [-0.39, 0.29) is 18.1 Å². The van der Waals surface area contributed by atoms with E-state index in [0.717, 1.165) is 0 Å². The Morgan fingerprint density at radius 1 is 1.62 bits per heavy atom. The minimum atomic E-state index is -3.58. The summed E-state index contributed by atoms with van der Waals surface area (Å²) in [4.78, 5) is 10.9. The predicted octanol–water partition coefficient (Wildman–Crippen LogP) is -0.383. The van der Waals surface area contributed by atoms with Gasteiger partial charge in [0.15, 0.2) is 0 Å². The maximum Gasteiger partial charge on any atom is 0.306 e. The van der Waals surface area contributed by atoms with Gasteiger partial charge < -0.3 is 4.74 Å². The van der Waals surface area contributed by atoms with E-state index in [4.69, 9.17) is 9.88 Å². The molecule has 0 aliphatic carbocycles. The van der Waals surface area contributed by atoms with Crippen molar-refractivity contribution >= 4 is 16.0 Å².